The maximum Gasteiger partial charge on any atom is 0.227 e. The van der Waals surface area contributed by atoms with Crippen molar-refractivity contribution in [2.45, 2.75) is 26.3 Å². The Morgan fingerprint density at radius 3 is 2.29 bits per heavy atom. The Bertz CT molecular complexity index is 1080. The van der Waals surface area contributed by atoms with Crippen molar-refractivity contribution in [2.24, 2.45) is 5.92 Å². The molecule has 0 bridgehead atoms. The fraction of sp³-hybridized carbons (Fsp3) is 0.393. The van der Waals surface area contributed by atoms with E-state index in [2.05, 4.69) is 86.2 Å². The van der Waals surface area contributed by atoms with Gasteiger partial charge in [-0.05, 0) is 30.9 Å². The van der Waals surface area contributed by atoms with E-state index in [-0.39, 0.29) is 5.92 Å². The highest BCUT2D eigenvalue weighted by Gasteiger charge is 2.31. The van der Waals surface area contributed by atoms with Crippen LogP contribution in [0.4, 0.5) is 5.95 Å². The third-order valence-electron chi connectivity index (χ3n) is 7.01. The van der Waals surface area contributed by atoms with E-state index in [0.717, 1.165) is 69.2 Å². The summed E-state index contributed by atoms with van der Waals surface area (Å²) in [5.41, 5.74) is 4.71. The van der Waals surface area contributed by atoms with Crippen LogP contribution in [-0.2, 0) is 11.3 Å². The maximum atomic E-state index is 13.3. The van der Waals surface area contributed by atoms with E-state index < -0.39 is 0 Å². The number of amides is 1. The molecule has 1 amide bonds. The number of aromatic nitrogens is 2. The normalized spacial score (nSPS) is 19.3. The molecule has 3 heterocycles. The summed E-state index contributed by atoms with van der Waals surface area (Å²) in [5.74, 6) is 1.04. The second kappa shape index (κ2) is 10.3. The highest BCUT2D eigenvalue weighted by molar-refractivity contribution is 5.80. The second-order valence-electron chi connectivity index (χ2n) is 9.51. The van der Waals surface area contributed by atoms with Gasteiger partial charge in [0.2, 0.25) is 11.9 Å². The number of aryl methyl sites for hydroxylation is 1. The molecule has 0 radical (unpaired) electrons. The first-order chi connectivity index (χ1) is 16.7. The molecule has 2 aromatic carbocycles. The average molecular weight is 456 g/mol. The number of nitrogens with zero attached hydrogens (tertiary/aromatic N) is 5. The molecular formula is C28H33N5O. The predicted octanol–water partition coefficient (Wildman–Crippen LogP) is 4.01. The van der Waals surface area contributed by atoms with E-state index in [1.54, 1.807) is 0 Å². The van der Waals surface area contributed by atoms with Gasteiger partial charge in [0.15, 0.2) is 0 Å². The number of hydrogen-bond donors (Lipinski definition) is 0. The molecule has 3 aromatic rings. The first-order valence-corrected chi connectivity index (χ1v) is 12.3. The zero-order valence-electron chi connectivity index (χ0n) is 19.9. The summed E-state index contributed by atoms with van der Waals surface area (Å²) >= 11 is 0. The molecule has 1 unspecified atom stereocenters. The molecule has 0 saturated carbocycles. The van der Waals surface area contributed by atoms with E-state index in [4.69, 9.17) is 0 Å². The molecular weight excluding hydrogens is 422 g/mol. The van der Waals surface area contributed by atoms with Crippen molar-refractivity contribution in [3.8, 4) is 11.1 Å². The van der Waals surface area contributed by atoms with Crippen molar-refractivity contribution in [3.05, 3.63) is 78.1 Å². The Balaban J connectivity index is 1.16. The molecule has 6 nitrogen and oxygen atoms in total. The number of rotatable bonds is 5. The van der Waals surface area contributed by atoms with E-state index in [1.165, 1.54) is 11.1 Å². The van der Waals surface area contributed by atoms with Crippen molar-refractivity contribution in [1.29, 1.82) is 0 Å². The van der Waals surface area contributed by atoms with Gasteiger partial charge in [0.25, 0.3) is 0 Å². The average Bonchev–Trinajstić information content (AvgIpc) is 2.90. The maximum absolute atomic E-state index is 13.3. The van der Waals surface area contributed by atoms with Gasteiger partial charge in [-0.1, -0.05) is 60.2 Å². The molecule has 176 valence electrons. The SMILES string of the molecule is Cc1ccc(-c2cnc(N3CCCC(C(=O)N4CCN(Cc5ccccc5)CC4)C3)nc2)cc1. The largest absolute Gasteiger partial charge is 0.340 e. The van der Waals surface area contributed by atoms with Crippen LogP contribution in [0.1, 0.15) is 24.0 Å². The first kappa shape index (κ1) is 22.5. The predicted molar refractivity (Wildman–Crippen MR) is 135 cm³/mol. The van der Waals surface area contributed by atoms with Gasteiger partial charge < -0.3 is 9.80 Å². The minimum absolute atomic E-state index is 0.0230. The Kier molecular flexibility index (Phi) is 6.86. The lowest BCUT2D eigenvalue weighted by Gasteiger charge is -2.39. The fourth-order valence-electron chi connectivity index (χ4n) is 4.97. The monoisotopic (exact) mass is 455 g/mol. The molecule has 1 atom stereocenters. The summed E-state index contributed by atoms with van der Waals surface area (Å²) < 4.78 is 0. The van der Waals surface area contributed by atoms with Gasteiger partial charge in [0.1, 0.15) is 0 Å². The van der Waals surface area contributed by atoms with Gasteiger partial charge in [-0.3, -0.25) is 9.69 Å². The van der Waals surface area contributed by atoms with E-state index in [9.17, 15) is 4.79 Å². The van der Waals surface area contributed by atoms with Crippen molar-refractivity contribution >= 4 is 11.9 Å². The van der Waals surface area contributed by atoms with Gasteiger partial charge in [-0.25, -0.2) is 9.97 Å². The number of piperidine rings is 1. The van der Waals surface area contributed by atoms with Crippen LogP contribution < -0.4 is 4.90 Å². The third-order valence-corrected chi connectivity index (χ3v) is 7.01. The van der Waals surface area contributed by atoms with Gasteiger partial charge >= 0.3 is 0 Å². The zero-order chi connectivity index (χ0) is 23.3. The van der Waals surface area contributed by atoms with Crippen LogP contribution in [0.5, 0.6) is 0 Å². The Morgan fingerprint density at radius 1 is 0.882 bits per heavy atom. The molecule has 1 aromatic heterocycles. The van der Waals surface area contributed by atoms with Crippen LogP contribution in [0.25, 0.3) is 11.1 Å². The molecule has 5 rings (SSSR count). The summed E-state index contributed by atoms with van der Waals surface area (Å²) in [6.45, 7) is 8.12. The van der Waals surface area contributed by atoms with Gasteiger partial charge in [0.05, 0.1) is 5.92 Å². The summed E-state index contributed by atoms with van der Waals surface area (Å²) in [7, 11) is 0. The topological polar surface area (TPSA) is 52.6 Å². The number of hydrogen-bond acceptors (Lipinski definition) is 5. The van der Waals surface area contributed by atoms with Crippen LogP contribution in [0.2, 0.25) is 0 Å². The quantitative estimate of drug-likeness (QED) is 0.582. The van der Waals surface area contributed by atoms with Crippen LogP contribution >= 0.6 is 0 Å². The Hall–Kier alpha value is -3.25. The minimum atomic E-state index is 0.0230. The summed E-state index contributed by atoms with van der Waals surface area (Å²) in [6, 6.07) is 19.0. The van der Waals surface area contributed by atoms with E-state index in [1.807, 2.05) is 12.4 Å². The van der Waals surface area contributed by atoms with Crippen molar-refractivity contribution in [3.63, 3.8) is 0 Å². The first-order valence-electron chi connectivity index (χ1n) is 12.3. The molecule has 2 aliphatic rings. The van der Waals surface area contributed by atoms with E-state index in [0.29, 0.717) is 12.5 Å². The molecule has 6 heteroatoms. The molecule has 2 aliphatic heterocycles. The molecule has 34 heavy (non-hydrogen) atoms. The summed E-state index contributed by atoms with van der Waals surface area (Å²) in [4.78, 5) is 29.3. The summed E-state index contributed by atoms with van der Waals surface area (Å²) in [6.07, 6.45) is 5.73. The van der Waals surface area contributed by atoms with Crippen molar-refractivity contribution < 1.29 is 4.79 Å². The molecule has 0 aliphatic carbocycles. The lowest BCUT2D eigenvalue weighted by Crippen LogP contribution is -2.52. The highest BCUT2D eigenvalue weighted by atomic mass is 16.2. The summed E-state index contributed by atoms with van der Waals surface area (Å²) in [5, 5.41) is 0. The number of anilines is 1. The smallest absolute Gasteiger partial charge is 0.227 e. The number of piperazine rings is 1. The van der Waals surface area contributed by atoms with Gasteiger partial charge in [-0.15, -0.1) is 0 Å². The number of carbonyl (C=O) groups is 1. The highest BCUT2D eigenvalue weighted by Crippen LogP contribution is 2.24. The lowest BCUT2D eigenvalue weighted by molar-refractivity contribution is -0.137. The fourth-order valence-corrected chi connectivity index (χ4v) is 4.97. The standard InChI is InChI=1S/C28H33N5O/c1-22-9-11-24(12-10-22)26-18-29-28(30-19-26)33-13-5-8-25(21-33)27(34)32-16-14-31(15-17-32)20-23-6-3-2-4-7-23/h2-4,6-7,9-12,18-19,25H,5,8,13-17,20-21H2,1H3. The lowest BCUT2D eigenvalue weighted by atomic mass is 9.96. The molecule has 0 N–H and O–H groups in total. The Morgan fingerprint density at radius 2 is 1.59 bits per heavy atom. The van der Waals surface area contributed by atoms with Crippen LogP contribution in [0.15, 0.2) is 67.0 Å². The number of benzene rings is 2. The van der Waals surface area contributed by atoms with Crippen molar-refractivity contribution in [1.82, 2.24) is 19.8 Å². The van der Waals surface area contributed by atoms with Gasteiger partial charge in [0, 0.05) is 63.8 Å². The van der Waals surface area contributed by atoms with E-state index >= 15 is 0 Å². The van der Waals surface area contributed by atoms with Crippen LogP contribution in [-0.4, -0.2) is 64.9 Å². The molecule has 2 saturated heterocycles. The van der Waals surface area contributed by atoms with Gasteiger partial charge in [-0.2, -0.15) is 0 Å². The van der Waals surface area contributed by atoms with Crippen LogP contribution in [0, 0.1) is 12.8 Å². The molecule has 2 fully saturated rings. The second-order valence-corrected chi connectivity index (χ2v) is 9.51. The van der Waals surface area contributed by atoms with Crippen LogP contribution in [0.3, 0.4) is 0 Å². The third kappa shape index (κ3) is 5.28. The number of carbonyl (C=O) groups excluding carboxylic acids is 1. The van der Waals surface area contributed by atoms with Crippen molar-refractivity contribution in [2.75, 3.05) is 44.2 Å². The Labute approximate surface area is 202 Å². The molecule has 0 spiro atoms. The zero-order valence-corrected chi connectivity index (χ0v) is 19.9. The minimum Gasteiger partial charge on any atom is -0.340 e.